The first-order chi connectivity index (χ1) is 38.0. The zero-order valence-corrected chi connectivity index (χ0v) is 48.6. The van der Waals surface area contributed by atoms with Crippen molar-refractivity contribution < 1.29 is 28.6 Å². The first-order valence-electron chi connectivity index (χ1n) is 29.9. The van der Waals surface area contributed by atoms with Crippen LogP contribution in [0.3, 0.4) is 0 Å². The monoisotopic (exact) mass is 1050 g/mol. The van der Waals surface area contributed by atoms with Gasteiger partial charge < -0.3 is 14.2 Å². The van der Waals surface area contributed by atoms with Crippen LogP contribution in [0.2, 0.25) is 0 Å². The maximum absolute atomic E-state index is 12.8. The van der Waals surface area contributed by atoms with Crippen LogP contribution in [0.4, 0.5) is 0 Å². The van der Waals surface area contributed by atoms with E-state index in [-0.39, 0.29) is 31.6 Å². The highest BCUT2D eigenvalue weighted by Gasteiger charge is 2.19. The molecule has 0 saturated heterocycles. The van der Waals surface area contributed by atoms with Crippen molar-refractivity contribution in [3.8, 4) is 0 Å². The Balaban J connectivity index is 4.44. The molecule has 0 heterocycles. The van der Waals surface area contributed by atoms with E-state index in [4.69, 9.17) is 14.2 Å². The molecule has 0 radical (unpaired) electrons. The molecule has 1 unspecified atom stereocenters. The Hall–Kier alpha value is -5.75. The van der Waals surface area contributed by atoms with Crippen molar-refractivity contribution in [1.82, 2.24) is 0 Å². The largest absolute Gasteiger partial charge is 0.462 e. The van der Waals surface area contributed by atoms with Gasteiger partial charge in [0, 0.05) is 12.8 Å². The van der Waals surface area contributed by atoms with Crippen LogP contribution in [0, 0.1) is 0 Å². The van der Waals surface area contributed by atoms with Crippen LogP contribution in [0.5, 0.6) is 0 Å². The van der Waals surface area contributed by atoms with E-state index in [0.717, 1.165) is 154 Å². The lowest BCUT2D eigenvalue weighted by molar-refractivity contribution is -0.166. The molecule has 0 amide bonds. The van der Waals surface area contributed by atoms with Gasteiger partial charge in [-0.15, -0.1) is 0 Å². The van der Waals surface area contributed by atoms with Crippen molar-refractivity contribution >= 4 is 17.9 Å². The van der Waals surface area contributed by atoms with E-state index in [1.165, 1.54) is 12.8 Å². The molecule has 6 heteroatoms. The maximum atomic E-state index is 12.8. The van der Waals surface area contributed by atoms with Crippen LogP contribution >= 0.6 is 0 Å². The predicted molar refractivity (Wildman–Crippen MR) is 334 cm³/mol. The lowest BCUT2D eigenvalue weighted by Gasteiger charge is -2.18. The van der Waals surface area contributed by atoms with E-state index in [1.807, 2.05) is 6.08 Å². The normalized spacial score (nSPS) is 13.5. The Labute approximate surface area is 471 Å². The first-order valence-corrected chi connectivity index (χ1v) is 29.9. The van der Waals surface area contributed by atoms with Gasteiger partial charge in [0.15, 0.2) is 6.10 Å². The summed E-state index contributed by atoms with van der Waals surface area (Å²) in [6, 6.07) is 0. The van der Waals surface area contributed by atoms with Crippen LogP contribution in [-0.2, 0) is 28.6 Å². The van der Waals surface area contributed by atoms with Crippen LogP contribution in [0.15, 0.2) is 194 Å². The Bertz CT molecular complexity index is 1880. The molecule has 0 aromatic rings. The second-order valence-corrected chi connectivity index (χ2v) is 18.8. The van der Waals surface area contributed by atoms with Crippen molar-refractivity contribution in [3.63, 3.8) is 0 Å². The second kappa shape index (κ2) is 62.8. The fourth-order valence-electron chi connectivity index (χ4n) is 7.25. The molecule has 426 valence electrons. The fraction of sp³-hybridized carbons (Fsp3) is 0.507. The minimum atomic E-state index is -0.863. The fourth-order valence-corrected chi connectivity index (χ4v) is 7.25. The molecule has 0 aliphatic carbocycles. The number of esters is 3. The number of hydrogen-bond donors (Lipinski definition) is 0. The summed E-state index contributed by atoms with van der Waals surface area (Å²) in [4.78, 5) is 38.1. The van der Waals surface area contributed by atoms with Crippen molar-refractivity contribution in [3.05, 3.63) is 194 Å². The van der Waals surface area contributed by atoms with Crippen LogP contribution in [0.25, 0.3) is 0 Å². The second-order valence-electron chi connectivity index (χ2n) is 18.8. The minimum Gasteiger partial charge on any atom is -0.462 e. The third kappa shape index (κ3) is 61.0. The molecule has 0 aromatic heterocycles. The summed E-state index contributed by atoms with van der Waals surface area (Å²) in [7, 11) is 0. The van der Waals surface area contributed by atoms with Crippen LogP contribution < -0.4 is 0 Å². The van der Waals surface area contributed by atoms with Gasteiger partial charge in [-0.25, -0.2) is 0 Å². The van der Waals surface area contributed by atoms with Gasteiger partial charge in [-0.3, -0.25) is 14.4 Å². The SMILES string of the molecule is CC/C=C\C/C=C\C/C=C\C/C=C\C/C=C\C/C=C\C/C=C\C/C=C\CCCCCCCCC(=O)OCC(COC(=O)CCCCC/C=C\C/C=C\C/C=C\CC)OC(=O)C/C=C\C/C=C\C/C=C\C/C=C\C/C=C\CC. The maximum Gasteiger partial charge on any atom is 0.310 e. The lowest BCUT2D eigenvalue weighted by Crippen LogP contribution is -2.30. The van der Waals surface area contributed by atoms with Crippen molar-refractivity contribution in [2.24, 2.45) is 0 Å². The summed E-state index contributed by atoms with van der Waals surface area (Å²) in [5.74, 6) is -1.13. The molecule has 0 aromatic carbocycles. The topological polar surface area (TPSA) is 78.9 Å². The van der Waals surface area contributed by atoms with E-state index in [1.54, 1.807) is 6.08 Å². The third-order valence-corrected chi connectivity index (χ3v) is 11.6. The molecule has 0 aliphatic rings. The summed E-state index contributed by atoms with van der Waals surface area (Å²) in [6.07, 6.45) is 96.0. The molecular weight excluding hydrogens is 949 g/mol. The Morgan fingerprint density at radius 1 is 0.273 bits per heavy atom. The molecule has 0 saturated carbocycles. The van der Waals surface area contributed by atoms with Crippen LogP contribution in [-0.4, -0.2) is 37.2 Å². The van der Waals surface area contributed by atoms with Gasteiger partial charge in [0.1, 0.15) is 13.2 Å². The number of carbonyl (C=O) groups is 3. The standard InChI is InChI=1S/C71H106O6/c1-4-7-10-13-16-19-22-25-27-28-29-30-31-32-33-34-35-36-37-38-39-40-41-42-44-46-49-52-55-58-61-64-70(73)76-67-68(66-75-69(72)63-60-57-54-51-48-45-24-21-18-15-12-9-6-3)77-71(74)65-62-59-56-53-50-47-43-26-23-20-17-14-11-8-5-2/h7-12,16-21,25-27,29-30,32-33,35-36,38-39,41-43,45,48,50,53,59,62,68H,4-6,13-15,22-24,28,31,34,37,40,44,46-47,49,51-52,54-58,60-61,63-67H2,1-3H3/b10-7-,11-8-,12-9-,19-16-,20-17-,21-18-,27-25-,30-29-,33-32-,36-35-,39-38-,42-41-,43-26-,48-45-,53-50-,62-59-. The zero-order valence-electron chi connectivity index (χ0n) is 48.6. The summed E-state index contributed by atoms with van der Waals surface area (Å²) >= 11 is 0. The molecule has 0 fully saturated rings. The Morgan fingerprint density at radius 3 is 0.805 bits per heavy atom. The summed E-state index contributed by atoms with van der Waals surface area (Å²) in [5.41, 5.74) is 0. The van der Waals surface area contributed by atoms with Gasteiger partial charge in [-0.1, -0.05) is 247 Å². The lowest BCUT2D eigenvalue weighted by atomic mass is 10.1. The molecule has 0 bridgehead atoms. The number of ether oxygens (including phenoxy) is 3. The average molecular weight is 1060 g/mol. The highest BCUT2D eigenvalue weighted by molar-refractivity contribution is 5.72. The van der Waals surface area contributed by atoms with Gasteiger partial charge in [0.2, 0.25) is 0 Å². The zero-order chi connectivity index (χ0) is 55.7. The number of carbonyl (C=O) groups excluding carboxylic acids is 3. The van der Waals surface area contributed by atoms with Crippen molar-refractivity contribution in [2.75, 3.05) is 13.2 Å². The van der Waals surface area contributed by atoms with Crippen molar-refractivity contribution in [2.45, 2.75) is 219 Å². The molecule has 0 N–H and O–H groups in total. The van der Waals surface area contributed by atoms with Gasteiger partial charge in [0.25, 0.3) is 0 Å². The molecule has 0 spiro atoms. The first kappa shape index (κ1) is 71.2. The molecular formula is C71H106O6. The highest BCUT2D eigenvalue weighted by atomic mass is 16.6. The number of rotatable bonds is 51. The van der Waals surface area contributed by atoms with E-state index >= 15 is 0 Å². The Kier molecular flexibility index (Phi) is 58.1. The van der Waals surface area contributed by atoms with Gasteiger partial charge in [-0.2, -0.15) is 0 Å². The quantitative estimate of drug-likeness (QED) is 0.0261. The molecule has 0 rings (SSSR count). The highest BCUT2D eigenvalue weighted by Crippen LogP contribution is 2.12. The molecule has 0 aliphatic heterocycles. The smallest absolute Gasteiger partial charge is 0.310 e. The molecule has 77 heavy (non-hydrogen) atoms. The van der Waals surface area contributed by atoms with Gasteiger partial charge in [0.05, 0.1) is 6.42 Å². The average Bonchev–Trinajstić information content (AvgIpc) is 3.43. The van der Waals surface area contributed by atoms with Gasteiger partial charge >= 0.3 is 17.9 Å². The third-order valence-electron chi connectivity index (χ3n) is 11.6. The number of hydrogen-bond acceptors (Lipinski definition) is 6. The summed E-state index contributed by atoms with van der Waals surface area (Å²) in [6.45, 7) is 6.14. The van der Waals surface area contributed by atoms with Crippen molar-refractivity contribution in [1.29, 1.82) is 0 Å². The van der Waals surface area contributed by atoms with E-state index in [2.05, 4.69) is 203 Å². The predicted octanol–water partition coefficient (Wildman–Crippen LogP) is 20.6. The number of unbranched alkanes of at least 4 members (excludes halogenated alkanes) is 9. The number of allylic oxidation sites excluding steroid dienone is 31. The summed E-state index contributed by atoms with van der Waals surface area (Å²) in [5, 5.41) is 0. The molecule has 6 nitrogen and oxygen atoms in total. The Morgan fingerprint density at radius 2 is 0.506 bits per heavy atom. The minimum absolute atomic E-state index is 0.0763. The van der Waals surface area contributed by atoms with Gasteiger partial charge in [-0.05, 0) is 141 Å². The summed E-state index contributed by atoms with van der Waals surface area (Å²) < 4.78 is 16.7. The van der Waals surface area contributed by atoms with E-state index in [0.29, 0.717) is 19.3 Å². The molecule has 1 atom stereocenters. The van der Waals surface area contributed by atoms with E-state index < -0.39 is 12.1 Å². The van der Waals surface area contributed by atoms with E-state index in [9.17, 15) is 14.4 Å². The van der Waals surface area contributed by atoms with Crippen LogP contribution in [0.1, 0.15) is 213 Å².